The third-order valence-corrected chi connectivity index (χ3v) is 5.04. The van der Waals surface area contributed by atoms with Crippen LogP contribution in [0.15, 0.2) is 0 Å². The summed E-state index contributed by atoms with van der Waals surface area (Å²) >= 11 is 0. The van der Waals surface area contributed by atoms with Crippen molar-refractivity contribution in [1.82, 2.24) is 5.32 Å². The number of hydrogen-bond donors (Lipinski definition) is 1. The Labute approximate surface area is 158 Å². The van der Waals surface area contributed by atoms with Gasteiger partial charge in [-0.15, -0.1) is 0 Å². The molecule has 0 unspecified atom stereocenters. The van der Waals surface area contributed by atoms with Crippen LogP contribution in [0.4, 0.5) is 0 Å². The second-order valence-electron chi connectivity index (χ2n) is 8.41. The van der Waals surface area contributed by atoms with Gasteiger partial charge >= 0.3 is 0 Å². The molecule has 0 saturated carbocycles. The van der Waals surface area contributed by atoms with Gasteiger partial charge in [0.1, 0.15) is 0 Å². The maximum atomic E-state index is 11.9. The standard InChI is InChI=1S/C22H46N2O/c1-5-7-8-9-10-11-12-13-14-15-16-17-18-19-22(25)23-21-24(3,4)20-6-2/h5-21H2,1-4H3/p+1. The average Bonchev–Trinajstić information content (AvgIpc) is 2.57. The molecule has 150 valence electrons. The number of carbonyl (C=O) groups excluding carboxylic acids is 1. The number of hydrogen-bond acceptors (Lipinski definition) is 1. The van der Waals surface area contributed by atoms with Gasteiger partial charge in [0, 0.05) is 6.42 Å². The van der Waals surface area contributed by atoms with Gasteiger partial charge in [0.25, 0.3) is 0 Å². The molecule has 3 nitrogen and oxygen atoms in total. The van der Waals surface area contributed by atoms with Gasteiger partial charge in [0.2, 0.25) is 5.91 Å². The summed E-state index contributed by atoms with van der Waals surface area (Å²) in [5.41, 5.74) is 0. The van der Waals surface area contributed by atoms with E-state index in [1.807, 2.05) is 0 Å². The number of rotatable bonds is 18. The van der Waals surface area contributed by atoms with Gasteiger partial charge in [-0.1, -0.05) is 90.9 Å². The van der Waals surface area contributed by atoms with Gasteiger partial charge < -0.3 is 9.80 Å². The van der Waals surface area contributed by atoms with Gasteiger partial charge in [-0.3, -0.25) is 4.79 Å². The first kappa shape index (κ1) is 24.4. The molecule has 0 saturated heterocycles. The lowest BCUT2D eigenvalue weighted by Gasteiger charge is -2.29. The summed E-state index contributed by atoms with van der Waals surface area (Å²) in [6.07, 6.45) is 19.4. The first-order valence-corrected chi connectivity index (χ1v) is 11.1. The van der Waals surface area contributed by atoms with Crippen molar-refractivity contribution in [1.29, 1.82) is 0 Å². The molecule has 3 heteroatoms. The van der Waals surface area contributed by atoms with E-state index in [-0.39, 0.29) is 5.91 Å². The number of quaternary nitrogens is 1. The third-order valence-electron chi connectivity index (χ3n) is 5.04. The topological polar surface area (TPSA) is 29.1 Å². The Hall–Kier alpha value is -0.570. The van der Waals surface area contributed by atoms with Gasteiger partial charge in [0.15, 0.2) is 6.67 Å². The van der Waals surface area contributed by atoms with Crippen molar-refractivity contribution in [3.05, 3.63) is 0 Å². The summed E-state index contributed by atoms with van der Waals surface area (Å²) in [4.78, 5) is 11.9. The third kappa shape index (κ3) is 18.0. The Morgan fingerprint density at radius 3 is 1.56 bits per heavy atom. The molecule has 0 spiro atoms. The molecule has 0 aliphatic heterocycles. The minimum absolute atomic E-state index is 0.227. The maximum absolute atomic E-state index is 11.9. The minimum Gasteiger partial charge on any atom is -0.311 e. The zero-order valence-corrected chi connectivity index (χ0v) is 17.9. The van der Waals surface area contributed by atoms with Crippen LogP contribution in [0.3, 0.4) is 0 Å². The number of unbranched alkanes of at least 4 members (excludes halogenated alkanes) is 12. The highest BCUT2D eigenvalue weighted by molar-refractivity contribution is 5.75. The van der Waals surface area contributed by atoms with Gasteiger partial charge in [0.05, 0.1) is 20.6 Å². The van der Waals surface area contributed by atoms with Crippen LogP contribution in [0.25, 0.3) is 0 Å². The summed E-state index contributed by atoms with van der Waals surface area (Å²) in [6.45, 7) is 6.33. The molecular formula is C22H47N2O+. The Balaban J connectivity index is 3.29. The van der Waals surface area contributed by atoms with Crippen LogP contribution in [-0.4, -0.2) is 37.7 Å². The fraction of sp³-hybridized carbons (Fsp3) is 0.955. The van der Waals surface area contributed by atoms with Crippen LogP contribution in [0.5, 0.6) is 0 Å². The molecule has 0 fully saturated rings. The van der Waals surface area contributed by atoms with E-state index in [0.717, 1.165) is 30.5 Å². The van der Waals surface area contributed by atoms with E-state index in [1.54, 1.807) is 0 Å². The van der Waals surface area contributed by atoms with Gasteiger partial charge in [-0.05, 0) is 12.8 Å². The van der Waals surface area contributed by atoms with Crippen molar-refractivity contribution in [3.8, 4) is 0 Å². The van der Waals surface area contributed by atoms with Gasteiger partial charge in [-0.2, -0.15) is 0 Å². The van der Waals surface area contributed by atoms with Crippen molar-refractivity contribution in [2.24, 2.45) is 0 Å². The Morgan fingerprint density at radius 1 is 0.680 bits per heavy atom. The van der Waals surface area contributed by atoms with Crippen LogP contribution < -0.4 is 5.32 Å². The zero-order valence-electron chi connectivity index (χ0n) is 17.9. The average molecular weight is 356 g/mol. The lowest BCUT2D eigenvalue weighted by atomic mass is 10.0. The van der Waals surface area contributed by atoms with Crippen molar-refractivity contribution >= 4 is 5.91 Å². The summed E-state index contributed by atoms with van der Waals surface area (Å²) in [7, 11) is 4.35. The van der Waals surface area contributed by atoms with E-state index in [1.165, 1.54) is 77.0 Å². The fourth-order valence-electron chi connectivity index (χ4n) is 3.38. The smallest absolute Gasteiger partial charge is 0.224 e. The van der Waals surface area contributed by atoms with Crippen molar-refractivity contribution in [2.75, 3.05) is 27.3 Å². The molecule has 1 N–H and O–H groups in total. The van der Waals surface area contributed by atoms with Crippen LogP contribution in [-0.2, 0) is 4.79 Å². The molecule has 0 aliphatic carbocycles. The molecule has 25 heavy (non-hydrogen) atoms. The predicted octanol–water partition coefficient (Wildman–Crippen LogP) is 6.03. The maximum Gasteiger partial charge on any atom is 0.224 e. The Kier molecular flexibility index (Phi) is 16.5. The highest BCUT2D eigenvalue weighted by atomic mass is 16.1. The largest absolute Gasteiger partial charge is 0.311 e. The van der Waals surface area contributed by atoms with E-state index in [0.29, 0.717) is 6.42 Å². The fourth-order valence-corrected chi connectivity index (χ4v) is 3.38. The lowest BCUT2D eigenvalue weighted by molar-refractivity contribution is -0.892. The molecule has 0 radical (unpaired) electrons. The molecule has 0 bridgehead atoms. The second-order valence-corrected chi connectivity index (χ2v) is 8.41. The SMILES string of the molecule is CCCCCCCCCCCCCCCC(=O)NC[N+](C)(C)CCC. The van der Waals surface area contributed by atoms with Gasteiger partial charge in [-0.25, -0.2) is 0 Å². The highest BCUT2D eigenvalue weighted by Crippen LogP contribution is 2.12. The number of nitrogens with one attached hydrogen (secondary N) is 1. The highest BCUT2D eigenvalue weighted by Gasteiger charge is 2.14. The molecule has 0 aromatic heterocycles. The van der Waals surface area contributed by atoms with Crippen molar-refractivity contribution < 1.29 is 9.28 Å². The van der Waals surface area contributed by atoms with E-state index in [4.69, 9.17) is 0 Å². The minimum atomic E-state index is 0.227. The number of amides is 1. The molecular weight excluding hydrogens is 308 g/mol. The lowest BCUT2D eigenvalue weighted by Crippen LogP contribution is -2.48. The van der Waals surface area contributed by atoms with E-state index in [9.17, 15) is 4.79 Å². The monoisotopic (exact) mass is 355 g/mol. The number of nitrogens with zero attached hydrogens (tertiary/aromatic N) is 1. The molecule has 0 aromatic carbocycles. The molecule has 0 aliphatic rings. The van der Waals surface area contributed by atoms with E-state index >= 15 is 0 Å². The Bertz CT molecular complexity index is 302. The van der Waals surface area contributed by atoms with E-state index < -0.39 is 0 Å². The number of carbonyl (C=O) groups is 1. The summed E-state index contributed by atoms with van der Waals surface area (Å²) in [5, 5.41) is 3.08. The van der Waals surface area contributed by atoms with Crippen molar-refractivity contribution in [2.45, 2.75) is 110 Å². The molecule has 0 heterocycles. The molecule has 1 amide bonds. The van der Waals surface area contributed by atoms with E-state index in [2.05, 4.69) is 33.3 Å². The second kappa shape index (κ2) is 16.9. The Morgan fingerprint density at radius 2 is 1.12 bits per heavy atom. The van der Waals surface area contributed by atoms with Crippen LogP contribution in [0.2, 0.25) is 0 Å². The quantitative estimate of drug-likeness (QED) is 0.182. The zero-order chi connectivity index (χ0) is 18.8. The molecule has 0 aromatic rings. The summed E-state index contributed by atoms with van der Waals surface area (Å²) in [5.74, 6) is 0.227. The molecule has 0 atom stereocenters. The van der Waals surface area contributed by atoms with Crippen LogP contribution in [0.1, 0.15) is 110 Å². The first-order chi connectivity index (χ1) is 12.0. The summed E-state index contributed by atoms with van der Waals surface area (Å²) in [6, 6.07) is 0. The molecule has 0 rings (SSSR count). The first-order valence-electron chi connectivity index (χ1n) is 11.1. The summed E-state index contributed by atoms with van der Waals surface area (Å²) < 4.78 is 0.876. The normalized spacial score (nSPS) is 11.7. The van der Waals surface area contributed by atoms with Crippen LogP contribution >= 0.6 is 0 Å². The van der Waals surface area contributed by atoms with Crippen molar-refractivity contribution in [3.63, 3.8) is 0 Å². The van der Waals surface area contributed by atoms with Crippen LogP contribution in [0, 0.1) is 0 Å². The predicted molar refractivity (Wildman–Crippen MR) is 111 cm³/mol.